The van der Waals surface area contributed by atoms with Crippen LogP contribution in [0.1, 0.15) is 31.8 Å². The predicted octanol–water partition coefficient (Wildman–Crippen LogP) is -10.5. The minimum absolute atomic E-state index is 0. The van der Waals surface area contributed by atoms with Gasteiger partial charge in [0, 0.05) is 11.1 Å². The Morgan fingerprint density at radius 1 is 0.500 bits per heavy atom. The molecule has 0 atom stereocenters. The van der Waals surface area contributed by atoms with Gasteiger partial charge in [-0.25, -0.2) is 33.7 Å². The number of nitrogen functional groups attached to an aromatic ring is 2. The van der Waals surface area contributed by atoms with Gasteiger partial charge in [-0.1, -0.05) is 24.3 Å². The fourth-order valence-electron chi connectivity index (χ4n) is 6.05. The third-order valence-electron chi connectivity index (χ3n) is 8.81. The van der Waals surface area contributed by atoms with Gasteiger partial charge < -0.3 is 39.2 Å². The second-order valence-electron chi connectivity index (χ2n) is 12.3. The molecule has 6 rings (SSSR count). The summed E-state index contributed by atoms with van der Waals surface area (Å²) in [7, 11) is -19.0. The second kappa shape index (κ2) is 21.6. The van der Waals surface area contributed by atoms with E-state index >= 15 is 0 Å². The van der Waals surface area contributed by atoms with Crippen LogP contribution in [0.5, 0.6) is 11.5 Å². The second-order valence-corrected chi connectivity index (χ2v) is 17.7. The first kappa shape index (κ1) is 57.6. The zero-order chi connectivity index (χ0) is 44.3. The molecule has 314 valence electrons. The van der Waals surface area contributed by atoms with Crippen molar-refractivity contribution in [1.82, 2.24) is 0 Å². The summed E-state index contributed by atoms with van der Waals surface area (Å²) in [4.78, 5) is 21.9. The van der Waals surface area contributed by atoms with Crippen molar-refractivity contribution in [3.8, 4) is 22.6 Å². The number of rotatable bonds is 11. The molecular formula is C34H24N6Na4O16S4. The molecule has 0 fully saturated rings. The largest absolute Gasteiger partial charge is 1.00 e. The van der Waals surface area contributed by atoms with Gasteiger partial charge in [-0.05, 0) is 59.7 Å². The average Bonchev–Trinajstić information content (AvgIpc) is 3.15. The van der Waals surface area contributed by atoms with Crippen molar-refractivity contribution in [2.24, 2.45) is 10.2 Å². The number of hydrazone groups is 2. The number of Topliss-reactive ketones (excluding diaryl/α,β-unsaturated/α-hetero) is 2. The van der Waals surface area contributed by atoms with Crippen LogP contribution in [0.15, 0.2) is 90.5 Å². The summed E-state index contributed by atoms with van der Waals surface area (Å²) < 4.78 is 153. The summed E-state index contributed by atoms with van der Waals surface area (Å²) in [5, 5.41) is 8.00. The van der Waals surface area contributed by atoms with Crippen molar-refractivity contribution < 1.29 is 189 Å². The minimum atomic E-state index is -5.43. The van der Waals surface area contributed by atoms with Gasteiger partial charge in [0.15, 0.2) is 0 Å². The molecule has 0 bridgehead atoms. The van der Waals surface area contributed by atoms with Gasteiger partial charge in [0.05, 0.1) is 67.7 Å². The SMILES string of the molecule is COc1cc(-c2ccc(N/N=C3\C=Cc4c(S(=O)(=O)[O-])cc(S(=O)(=O)[O-])c(N)c4C3=O)c(OC)c2)ccc1N/N=C1\C=Cc2c(S(=O)(=O)[O-])cc(S(=O)(=O)[O-])c(N)c2C1=O.[Na+].[Na+].[Na+].[Na+]. The van der Waals surface area contributed by atoms with Crippen molar-refractivity contribution in [2.45, 2.75) is 19.6 Å². The number of nitrogens with one attached hydrogen (secondary N) is 2. The number of methoxy groups -OCH3 is 2. The van der Waals surface area contributed by atoms with E-state index < -0.39 is 117 Å². The number of nitrogens with two attached hydrogens (primary N) is 2. The van der Waals surface area contributed by atoms with Crippen LogP contribution in [0.25, 0.3) is 23.3 Å². The van der Waals surface area contributed by atoms with Crippen LogP contribution in [-0.2, 0) is 40.5 Å². The number of ketones is 2. The number of hydrogen-bond donors (Lipinski definition) is 4. The Morgan fingerprint density at radius 2 is 0.812 bits per heavy atom. The summed E-state index contributed by atoms with van der Waals surface area (Å²) in [6.45, 7) is 0. The third kappa shape index (κ3) is 11.8. The molecule has 30 heteroatoms. The van der Waals surface area contributed by atoms with Crippen LogP contribution < -0.4 is 150 Å². The maximum Gasteiger partial charge on any atom is 1.00 e. The molecule has 22 nitrogen and oxygen atoms in total. The molecule has 0 saturated carbocycles. The van der Waals surface area contributed by atoms with E-state index in [1.165, 1.54) is 26.4 Å². The van der Waals surface area contributed by atoms with E-state index in [4.69, 9.17) is 20.9 Å². The van der Waals surface area contributed by atoms with E-state index in [1.807, 2.05) is 0 Å². The number of carbonyl (C=O) groups is 2. The van der Waals surface area contributed by atoms with Gasteiger partial charge in [0.1, 0.15) is 63.4 Å². The van der Waals surface area contributed by atoms with Crippen LogP contribution in [0, 0.1) is 0 Å². The molecule has 0 heterocycles. The molecule has 0 amide bonds. The van der Waals surface area contributed by atoms with Crippen molar-refractivity contribution in [3.63, 3.8) is 0 Å². The van der Waals surface area contributed by atoms with Gasteiger partial charge in [0.25, 0.3) is 0 Å². The maximum absolute atomic E-state index is 13.4. The van der Waals surface area contributed by atoms with Gasteiger partial charge in [-0.2, -0.15) is 10.2 Å². The van der Waals surface area contributed by atoms with E-state index in [-0.39, 0.29) is 141 Å². The summed E-state index contributed by atoms with van der Waals surface area (Å²) in [5.41, 5.74) is 13.1. The molecule has 2 aliphatic carbocycles. The summed E-state index contributed by atoms with van der Waals surface area (Å²) in [6, 6.07) is 9.85. The molecule has 64 heavy (non-hydrogen) atoms. The van der Waals surface area contributed by atoms with E-state index in [9.17, 15) is 61.5 Å². The predicted molar refractivity (Wildman–Crippen MR) is 207 cm³/mol. The van der Waals surface area contributed by atoms with Crippen molar-refractivity contribution in [1.29, 1.82) is 0 Å². The molecule has 2 aliphatic rings. The zero-order valence-corrected chi connectivity index (χ0v) is 45.4. The average molecular weight is 993 g/mol. The van der Waals surface area contributed by atoms with E-state index in [2.05, 4.69) is 21.1 Å². The molecule has 0 radical (unpaired) electrons. The number of carbonyl (C=O) groups excluding carboxylic acids is 2. The van der Waals surface area contributed by atoms with Gasteiger partial charge in [0.2, 0.25) is 11.6 Å². The number of fused-ring (bicyclic) bond motifs is 2. The summed E-state index contributed by atoms with van der Waals surface area (Å²) in [5.74, 6) is -1.89. The van der Waals surface area contributed by atoms with Crippen molar-refractivity contribution in [2.75, 3.05) is 36.5 Å². The molecule has 0 aromatic heterocycles. The molecule has 6 N–H and O–H groups in total. The van der Waals surface area contributed by atoms with Crippen LogP contribution in [-0.4, -0.2) is 89.1 Å². The fourth-order valence-corrected chi connectivity index (χ4v) is 8.87. The quantitative estimate of drug-likeness (QED) is 0.0469. The number of ether oxygens (including phenoxy) is 2. The Hall–Kier alpha value is -2.52. The minimum Gasteiger partial charge on any atom is -0.744 e. The van der Waals surface area contributed by atoms with Crippen LogP contribution in [0.3, 0.4) is 0 Å². The van der Waals surface area contributed by atoms with E-state index in [0.717, 1.165) is 24.3 Å². The van der Waals surface area contributed by atoms with Crippen LogP contribution in [0.2, 0.25) is 0 Å². The topological polar surface area (TPSA) is 382 Å². The molecule has 0 aliphatic heterocycles. The molecule has 4 aromatic rings. The van der Waals surface area contributed by atoms with E-state index in [1.54, 1.807) is 24.3 Å². The number of benzene rings is 4. The smallest absolute Gasteiger partial charge is 0.744 e. The van der Waals surface area contributed by atoms with E-state index in [0.29, 0.717) is 23.3 Å². The Morgan fingerprint density at radius 3 is 1.09 bits per heavy atom. The normalized spacial score (nSPS) is 14.5. The Labute approximate surface area is 453 Å². The molecule has 0 unspecified atom stereocenters. The fraction of sp³-hybridized carbons (Fsp3) is 0.0588. The first-order chi connectivity index (χ1) is 27.9. The number of allylic oxidation sites excluding steroid dienone is 2. The first-order valence-corrected chi connectivity index (χ1v) is 21.8. The first-order valence-electron chi connectivity index (χ1n) is 16.1. The molecule has 0 spiro atoms. The van der Waals surface area contributed by atoms with Crippen molar-refractivity contribution in [3.05, 3.63) is 82.9 Å². The molecule has 4 aromatic carbocycles. The third-order valence-corrected chi connectivity index (χ3v) is 12.3. The zero-order valence-electron chi connectivity index (χ0n) is 34.1. The Bertz CT molecular complexity index is 2990. The number of nitrogens with zero attached hydrogens (tertiary/aromatic N) is 2. The number of hydrogen-bond acceptors (Lipinski definition) is 22. The summed E-state index contributed by atoms with van der Waals surface area (Å²) >= 11 is 0. The number of anilines is 4. The van der Waals surface area contributed by atoms with Gasteiger partial charge in [-0.15, -0.1) is 0 Å². The Kier molecular flexibility index (Phi) is 19.5. The molecule has 0 saturated heterocycles. The maximum atomic E-state index is 13.4. The monoisotopic (exact) mass is 992 g/mol. The Balaban J connectivity index is 0.00000352. The summed E-state index contributed by atoms with van der Waals surface area (Å²) in [6.07, 6.45) is 4.07. The van der Waals surface area contributed by atoms with Crippen LogP contribution >= 0.6 is 0 Å². The van der Waals surface area contributed by atoms with Gasteiger partial charge >= 0.3 is 118 Å². The standard InChI is InChI=1S/C34H28N6O16S4.4Na/c1-55-23-11-15(3-7-19(23)37-39-21-9-5-17-25(57(43,44)45)13-27(59(49,50)51)31(35)29(17)33(21)41)16-4-8-20(24(12-16)56-2)38-40-22-10-6-18-26(58(46,47)48)14-28(60(52,53)54)32(36)30(18)34(22)42;;;;/h3-14,37-38H,35-36H2,1-2H3,(H,43,44,45)(H,46,47,48)(H,49,50,51)(H,52,53,54);;;;/q;4*+1/p-4/b39-21+,40-22+;;;;. The van der Waals surface area contributed by atoms with Crippen molar-refractivity contribution >= 4 is 98.4 Å². The van der Waals surface area contributed by atoms with Crippen LogP contribution in [0.4, 0.5) is 22.7 Å². The molecular weight excluding hydrogens is 969 g/mol. The van der Waals surface area contributed by atoms with Gasteiger partial charge in [-0.3, -0.25) is 20.4 Å².